The first-order valence-corrected chi connectivity index (χ1v) is 14.5. The van der Waals surface area contributed by atoms with Gasteiger partial charge in [0.05, 0.1) is 30.0 Å². The summed E-state index contributed by atoms with van der Waals surface area (Å²) < 4.78 is 5.48. The number of imide groups is 1. The zero-order valence-corrected chi connectivity index (χ0v) is 23.2. The molecule has 40 heavy (non-hydrogen) atoms. The Labute approximate surface area is 237 Å². The molecule has 1 aromatic heterocycles. The molecule has 1 unspecified atom stereocenters. The van der Waals surface area contributed by atoms with Gasteiger partial charge in [0.2, 0.25) is 11.8 Å². The van der Waals surface area contributed by atoms with E-state index < -0.39 is 11.9 Å². The van der Waals surface area contributed by atoms with Gasteiger partial charge in [-0.05, 0) is 74.1 Å². The molecule has 1 saturated heterocycles. The van der Waals surface area contributed by atoms with Gasteiger partial charge in [-0.15, -0.1) is 0 Å². The van der Waals surface area contributed by atoms with Crippen molar-refractivity contribution in [1.82, 2.24) is 9.88 Å². The van der Waals surface area contributed by atoms with E-state index in [9.17, 15) is 19.6 Å². The summed E-state index contributed by atoms with van der Waals surface area (Å²) in [4.78, 5) is 47.8. The van der Waals surface area contributed by atoms with Crippen LogP contribution in [0.2, 0.25) is 0 Å². The molecule has 1 aliphatic heterocycles. The number of carbonyl (C=O) groups is 3. The quantitative estimate of drug-likeness (QED) is 0.279. The summed E-state index contributed by atoms with van der Waals surface area (Å²) in [6.07, 6.45) is 3.82. The van der Waals surface area contributed by atoms with Crippen LogP contribution in [0, 0.1) is 11.3 Å². The van der Waals surface area contributed by atoms with Crippen LogP contribution in [-0.2, 0) is 33.8 Å². The Morgan fingerprint density at radius 2 is 1.88 bits per heavy atom. The molecule has 2 aromatic carbocycles. The number of pyridine rings is 1. The Morgan fingerprint density at radius 1 is 1.12 bits per heavy atom. The van der Waals surface area contributed by atoms with Crippen molar-refractivity contribution in [2.24, 2.45) is 0 Å². The van der Waals surface area contributed by atoms with E-state index in [0.29, 0.717) is 28.6 Å². The van der Waals surface area contributed by atoms with Crippen molar-refractivity contribution >= 4 is 35.2 Å². The Kier molecular flexibility index (Phi) is 8.46. The van der Waals surface area contributed by atoms with Gasteiger partial charge in [-0.1, -0.05) is 42.1 Å². The zero-order chi connectivity index (χ0) is 28.1. The molecule has 2 aliphatic rings. The van der Waals surface area contributed by atoms with Gasteiger partial charge in [0.1, 0.15) is 22.9 Å². The summed E-state index contributed by atoms with van der Waals surface area (Å²) in [5.74, 6) is -0.452. The smallest absolute Gasteiger partial charge is 0.257 e. The molecule has 9 heteroatoms. The maximum absolute atomic E-state index is 13.7. The van der Waals surface area contributed by atoms with Crippen LogP contribution in [0.3, 0.4) is 0 Å². The number of aryl methyl sites for hydroxylation is 2. The first-order chi connectivity index (χ1) is 19.5. The summed E-state index contributed by atoms with van der Waals surface area (Å²) in [5, 5.41) is 10.2. The van der Waals surface area contributed by atoms with E-state index in [1.165, 1.54) is 16.7 Å². The normalized spacial score (nSPS) is 16.4. The molecule has 0 bridgehead atoms. The molecule has 5 rings (SSSR count). The van der Waals surface area contributed by atoms with Crippen LogP contribution in [0.15, 0.2) is 65.7 Å². The highest BCUT2D eigenvalue weighted by Crippen LogP contribution is 2.31. The first-order valence-electron chi connectivity index (χ1n) is 13.5. The molecule has 1 fully saturated rings. The molecule has 1 atom stereocenters. The van der Waals surface area contributed by atoms with E-state index >= 15 is 0 Å². The second-order valence-corrected chi connectivity index (χ2v) is 10.7. The molecule has 8 nitrogen and oxygen atoms in total. The van der Waals surface area contributed by atoms with Crippen molar-refractivity contribution in [3.63, 3.8) is 0 Å². The fourth-order valence-electron chi connectivity index (χ4n) is 5.16. The Bertz CT molecular complexity index is 1450. The third-order valence-corrected chi connectivity index (χ3v) is 8.12. The van der Waals surface area contributed by atoms with Crippen LogP contribution >= 0.6 is 11.8 Å². The fraction of sp³-hybridized carbons (Fsp3) is 0.323. The van der Waals surface area contributed by atoms with Crippen molar-refractivity contribution < 1.29 is 19.1 Å². The summed E-state index contributed by atoms with van der Waals surface area (Å²) in [6, 6.07) is 19.4. The number of anilines is 1. The van der Waals surface area contributed by atoms with E-state index in [1.807, 2.05) is 43.3 Å². The van der Waals surface area contributed by atoms with Gasteiger partial charge >= 0.3 is 0 Å². The van der Waals surface area contributed by atoms with Crippen molar-refractivity contribution in [2.75, 3.05) is 17.3 Å². The standard InChI is InChI=1S/C31H30N4O4S/c1-2-39-25-14-12-24(13-15-25)35-28(36)17-27(31(35)38)34(19-21-8-4-3-5-9-21)29(37)20-40-30-23(18-32)16-22-10-6-7-11-26(22)33-30/h3-5,8-9,12-16,27H,2,6-7,10-11,17,19-20H2,1H3. The van der Waals surface area contributed by atoms with Crippen LogP contribution in [0.5, 0.6) is 5.75 Å². The molecule has 0 radical (unpaired) electrons. The molecule has 204 valence electrons. The van der Waals surface area contributed by atoms with Crippen LogP contribution in [-0.4, -0.2) is 46.0 Å². The molecular weight excluding hydrogens is 524 g/mol. The van der Waals surface area contributed by atoms with Crippen LogP contribution in [0.4, 0.5) is 5.69 Å². The van der Waals surface area contributed by atoms with Gasteiger partial charge in [-0.2, -0.15) is 5.26 Å². The maximum atomic E-state index is 13.7. The number of amides is 3. The second kappa shape index (κ2) is 12.3. The number of fused-ring (bicyclic) bond motifs is 1. The minimum absolute atomic E-state index is 0.00563. The van der Waals surface area contributed by atoms with E-state index in [2.05, 4.69) is 6.07 Å². The SMILES string of the molecule is CCOc1ccc(N2C(=O)CC(N(Cc3ccccc3)C(=O)CSc3nc4c(cc3C#N)CCCC4)C2=O)cc1. The molecule has 3 aromatic rings. The lowest BCUT2D eigenvalue weighted by atomic mass is 9.95. The minimum Gasteiger partial charge on any atom is -0.494 e. The topological polar surface area (TPSA) is 104 Å². The van der Waals surface area contributed by atoms with Gasteiger partial charge in [-0.25, -0.2) is 9.88 Å². The van der Waals surface area contributed by atoms with Gasteiger partial charge in [0.25, 0.3) is 5.91 Å². The largest absolute Gasteiger partial charge is 0.494 e. The van der Waals surface area contributed by atoms with Crippen molar-refractivity contribution in [3.05, 3.63) is 83.0 Å². The monoisotopic (exact) mass is 554 g/mol. The highest BCUT2D eigenvalue weighted by atomic mass is 32.2. The molecule has 0 spiro atoms. The summed E-state index contributed by atoms with van der Waals surface area (Å²) in [6.45, 7) is 2.57. The van der Waals surface area contributed by atoms with Crippen LogP contribution in [0.25, 0.3) is 0 Å². The molecule has 0 saturated carbocycles. The summed E-state index contributed by atoms with van der Waals surface area (Å²) >= 11 is 1.21. The Balaban J connectivity index is 1.38. The Morgan fingerprint density at radius 3 is 2.60 bits per heavy atom. The molecule has 1 aliphatic carbocycles. The second-order valence-electron chi connectivity index (χ2n) is 9.78. The number of carbonyl (C=O) groups excluding carboxylic acids is 3. The number of nitriles is 1. The number of benzene rings is 2. The molecular formula is C31H30N4O4S. The van der Waals surface area contributed by atoms with Crippen LogP contribution in [0.1, 0.15) is 48.6 Å². The molecule has 0 N–H and O–H groups in total. The van der Waals surface area contributed by atoms with E-state index in [-0.39, 0.29) is 30.5 Å². The predicted octanol–water partition coefficient (Wildman–Crippen LogP) is 4.68. The number of ether oxygens (including phenoxy) is 1. The predicted molar refractivity (Wildman–Crippen MR) is 152 cm³/mol. The van der Waals surface area contributed by atoms with Crippen molar-refractivity contribution in [3.8, 4) is 11.8 Å². The van der Waals surface area contributed by atoms with Gasteiger partial charge in [0.15, 0.2) is 0 Å². The molecule has 3 amide bonds. The summed E-state index contributed by atoms with van der Waals surface area (Å²) in [7, 11) is 0. The van der Waals surface area contributed by atoms with Gasteiger partial charge in [0, 0.05) is 12.2 Å². The van der Waals surface area contributed by atoms with E-state index in [0.717, 1.165) is 47.4 Å². The number of aromatic nitrogens is 1. The number of hydrogen-bond donors (Lipinski definition) is 0. The maximum Gasteiger partial charge on any atom is 0.257 e. The number of hydrogen-bond acceptors (Lipinski definition) is 7. The lowest BCUT2D eigenvalue weighted by Crippen LogP contribution is -2.45. The third-order valence-electron chi connectivity index (χ3n) is 7.14. The third kappa shape index (κ3) is 5.87. The average Bonchev–Trinajstić information content (AvgIpc) is 3.28. The van der Waals surface area contributed by atoms with Crippen molar-refractivity contribution in [1.29, 1.82) is 5.26 Å². The number of nitrogens with zero attached hydrogens (tertiary/aromatic N) is 4. The van der Waals surface area contributed by atoms with Crippen molar-refractivity contribution in [2.45, 2.75) is 56.6 Å². The highest BCUT2D eigenvalue weighted by molar-refractivity contribution is 8.00. The minimum atomic E-state index is -0.931. The Hall–Kier alpha value is -4.16. The highest BCUT2D eigenvalue weighted by Gasteiger charge is 2.44. The number of rotatable bonds is 9. The van der Waals surface area contributed by atoms with E-state index in [1.54, 1.807) is 24.3 Å². The lowest BCUT2D eigenvalue weighted by Gasteiger charge is -2.28. The lowest BCUT2D eigenvalue weighted by molar-refractivity contribution is -0.136. The van der Waals surface area contributed by atoms with Crippen LogP contribution < -0.4 is 9.64 Å². The first kappa shape index (κ1) is 27.4. The average molecular weight is 555 g/mol. The van der Waals surface area contributed by atoms with Gasteiger partial charge < -0.3 is 9.64 Å². The van der Waals surface area contributed by atoms with E-state index in [4.69, 9.17) is 9.72 Å². The fourth-order valence-corrected chi connectivity index (χ4v) is 6.02. The zero-order valence-electron chi connectivity index (χ0n) is 22.3. The summed E-state index contributed by atoms with van der Waals surface area (Å²) in [5.41, 5.74) is 3.85. The number of thioether (sulfide) groups is 1. The van der Waals surface area contributed by atoms with Gasteiger partial charge in [-0.3, -0.25) is 14.4 Å². The molecule has 2 heterocycles.